The molecule has 1 nitrogen and oxygen atoms in total. The first-order valence-corrected chi connectivity index (χ1v) is 8.53. The van der Waals surface area contributed by atoms with Gasteiger partial charge in [-0.15, -0.1) is 0 Å². The fourth-order valence-corrected chi connectivity index (χ4v) is 4.42. The van der Waals surface area contributed by atoms with Crippen LogP contribution in [-0.2, 0) is 0 Å². The third kappa shape index (κ3) is 3.97. The molecule has 0 bridgehead atoms. The summed E-state index contributed by atoms with van der Waals surface area (Å²) >= 11 is 0. The lowest BCUT2D eigenvalue weighted by atomic mass is 9.69. The summed E-state index contributed by atoms with van der Waals surface area (Å²) in [6, 6.07) is 1.44. The van der Waals surface area contributed by atoms with Crippen LogP contribution in [0.4, 0.5) is 0 Å². The van der Waals surface area contributed by atoms with Gasteiger partial charge in [-0.1, -0.05) is 41.5 Å². The van der Waals surface area contributed by atoms with E-state index in [-0.39, 0.29) is 0 Å². The molecule has 1 rings (SSSR count). The second kappa shape index (κ2) is 7.11. The van der Waals surface area contributed by atoms with Crippen molar-refractivity contribution in [2.24, 2.45) is 29.6 Å². The van der Waals surface area contributed by atoms with Gasteiger partial charge in [0.2, 0.25) is 0 Å². The Kier molecular flexibility index (Phi) is 6.36. The third-order valence-electron chi connectivity index (χ3n) is 5.20. The second-order valence-electron chi connectivity index (χ2n) is 7.94. The van der Waals surface area contributed by atoms with Crippen molar-refractivity contribution >= 4 is 0 Å². The maximum atomic E-state index is 2.80. The Morgan fingerprint density at radius 3 is 1.74 bits per heavy atom. The van der Waals surface area contributed by atoms with Gasteiger partial charge in [0.1, 0.15) is 0 Å². The van der Waals surface area contributed by atoms with Crippen LogP contribution in [0.15, 0.2) is 0 Å². The van der Waals surface area contributed by atoms with Crippen LogP contribution in [-0.4, -0.2) is 23.5 Å². The van der Waals surface area contributed by atoms with Gasteiger partial charge >= 0.3 is 0 Å². The predicted octanol–water partition coefficient (Wildman–Crippen LogP) is 5.06. The van der Waals surface area contributed by atoms with Crippen LogP contribution in [0.3, 0.4) is 0 Å². The molecule has 19 heavy (non-hydrogen) atoms. The average molecular weight is 268 g/mol. The summed E-state index contributed by atoms with van der Waals surface area (Å²) in [4.78, 5) is 2.80. The highest BCUT2D eigenvalue weighted by Gasteiger charge is 2.40. The number of hydrogen-bond donors (Lipinski definition) is 0. The minimum atomic E-state index is 0.680. The Bertz CT molecular complexity index is 228. The number of rotatable bonds is 4. The van der Waals surface area contributed by atoms with E-state index in [2.05, 4.69) is 60.3 Å². The molecule has 1 heteroatoms. The summed E-state index contributed by atoms with van der Waals surface area (Å²) in [5, 5.41) is 0. The van der Waals surface area contributed by atoms with Crippen LogP contribution < -0.4 is 0 Å². The van der Waals surface area contributed by atoms with Crippen LogP contribution in [0.25, 0.3) is 0 Å². The Labute approximate surface area is 122 Å². The Morgan fingerprint density at radius 2 is 1.37 bits per heavy atom. The van der Waals surface area contributed by atoms with Crippen LogP contribution in [0, 0.1) is 29.6 Å². The molecular weight excluding hydrogens is 230 g/mol. The highest BCUT2D eigenvalue weighted by atomic mass is 15.2. The van der Waals surface area contributed by atoms with Crippen LogP contribution in [0.1, 0.15) is 68.2 Å². The van der Waals surface area contributed by atoms with E-state index >= 15 is 0 Å². The van der Waals surface area contributed by atoms with Crippen molar-refractivity contribution in [1.82, 2.24) is 4.90 Å². The molecule has 3 atom stereocenters. The van der Waals surface area contributed by atoms with E-state index in [1.165, 1.54) is 19.4 Å². The van der Waals surface area contributed by atoms with Crippen LogP contribution in [0.5, 0.6) is 0 Å². The fraction of sp³-hybridized carbons (Fsp3) is 1.00. The first-order chi connectivity index (χ1) is 8.77. The molecule has 1 heterocycles. The Morgan fingerprint density at radius 1 is 0.789 bits per heavy atom. The molecule has 114 valence electrons. The molecule has 1 aliphatic rings. The standard InChI is InChI=1S/C18H37N/c1-12(2)16-10-9-11-19(15(7)8)18(14(5)6)17(16)13(3)4/h12-18H,9-11H2,1-8H3. The zero-order valence-corrected chi connectivity index (χ0v) is 14.6. The average Bonchev–Trinajstić information content (AvgIpc) is 2.47. The lowest BCUT2D eigenvalue weighted by molar-refractivity contribution is 0.0336. The number of hydrogen-bond acceptors (Lipinski definition) is 1. The van der Waals surface area contributed by atoms with Gasteiger partial charge in [0.15, 0.2) is 0 Å². The summed E-state index contributed by atoms with van der Waals surface area (Å²) in [6.07, 6.45) is 2.81. The van der Waals surface area contributed by atoms with Crippen LogP contribution in [0.2, 0.25) is 0 Å². The van der Waals surface area contributed by atoms with Gasteiger partial charge in [-0.25, -0.2) is 0 Å². The number of nitrogens with zero attached hydrogens (tertiary/aromatic N) is 1. The van der Waals surface area contributed by atoms with E-state index in [4.69, 9.17) is 0 Å². The highest BCUT2D eigenvalue weighted by molar-refractivity contribution is 4.92. The summed E-state index contributed by atoms with van der Waals surface area (Å²) in [7, 11) is 0. The van der Waals surface area contributed by atoms with Gasteiger partial charge in [-0.2, -0.15) is 0 Å². The van der Waals surface area contributed by atoms with Gasteiger partial charge in [0.25, 0.3) is 0 Å². The zero-order valence-electron chi connectivity index (χ0n) is 14.6. The van der Waals surface area contributed by atoms with E-state index in [0.29, 0.717) is 6.04 Å². The number of likely N-dealkylation sites (tertiary alicyclic amines) is 1. The molecule has 3 unspecified atom stereocenters. The van der Waals surface area contributed by atoms with Crippen molar-refractivity contribution in [1.29, 1.82) is 0 Å². The van der Waals surface area contributed by atoms with E-state index in [1.807, 2.05) is 0 Å². The van der Waals surface area contributed by atoms with Gasteiger partial charge < -0.3 is 0 Å². The van der Waals surface area contributed by atoms with Gasteiger partial charge in [-0.3, -0.25) is 4.90 Å². The monoisotopic (exact) mass is 267 g/mol. The Hall–Kier alpha value is -0.0400. The summed E-state index contributed by atoms with van der Waals surface area (Å²) in [5.74, 6) is 4.12. The zero-order chi connectivity index (χ0) is 14.7. The molecule has 0 aromatic heterocycles. The van der Waals surface area contributed by atoms with Crippen molar-refractivity contribution in [2.75, 3.05) is 6.54 Å². The molecule has 1 fully saturated rings. The van der Waals surface area contributed by atoms with Gasteiger partial charge in [0.05, 0.1) is 0 Å². The molecule has 0 aliphatic carbocycles. The molecule has 1 aliphatic heterocycles. The van der Waals surface area contributed by atoms with Crippen molar-refractivity contribution in [3.63, 3.8) is 0 Å². The van der Waals surface area contributed by atoms with Crippen molar-refractivity contribution in [3.8, 4) is 0 Å². The molecule has 0 aromatic carbocycles. The summed E-state index contributed by atoms with van der Waals surface area (Å²) in [6.45, 7) is 20.7. The molecule has 0 aromatic rings. The van der Waals surface area contributed by atoms with E-state index in [9.17, 15) is 0 Å². The normalized spacial score (nSPS) is 30.6. The van der Waals surface area contributed by atoms with Crippen molar-refractivity contribution in [2.45, 2.75) is 80.3 Å². The second-order valence-corrected chi connectivity index (χ2v) is 7.94. The molecular formula is C18H37N. The van der Waals surface area contributed by atoms with E-state index < -0.39 is 0 Å². The first kappa shape index (κ1) is 17.0. The molecule has 1 saturated heterocycles. The van der Waals surface area contributed by atoms with Gasteiger partial charge in [0, 0.05) is 12.1 Å². The summed E-state index contributed by atoms with van der Waals surface area (Å²) in [5.41, 5.74) is 0. The minimum absolute atomic E-state index is 0.680. The van der Waals surface area contributed by atoms with Gasteiger partial charge in [-0.05, 0) is 62.8 Å². The van der Waals surface area contributed by atoms with Crippen molar-refractivity contribution in [3.05, 3.63) is 0 Å². The highest BCUT2D eigenvalue weighted by Crippen LogP contribution is 2.41. The quantitative estimate of drug-likeness (QED) is 0.688. The molecule has 0 radical (unpaired) electrons. The molecule has 0 saturated carbocycles. The third-order valence-corrected chi connectivity index (χ3v) is 5.20. The fourth-order valence-electron chi connectivity index (χ4n) is 4.42. The minimum Gasteiger partial charge on any atom is -0.297 e. The predicted molar refractivity (Wildman–Crippen MR) is 86.4 cm³/mol. The maximum absolute atomic E-state index is 2.80. The lowest BCUT2D eigenvalue weighted by Gasteiger charge is -2.45. The lowest BCUT2D eigenvalue weighted by Crippen LogP contribution is -2.50. The first-order valence-electron chi connectivity index (χ1n) is 8.53. The van der Waals surface area contributed by atoms with E-state index in [0.717, 1.165) is 35.6 Å². The molecule has 0 N–H and O–H groups in total. The SMILES string of the molecule is CC(C)C1CCCN(C(C)C)C(C(C)C)C1C(C)C. The van der Waals surface area contributed by atoms with E-state index in [1.54, 1.807) is 0 Å². The van der Waals surface area contributed by atoms with Crippen molar-refractivity contribution < 1.29 is 0 Å². The molecule has 0 amide bonds. The largest absolute Gasteiger partial charge is 0.297 e. The molecule has 0 spiro atoms. The maximum Gasteiger partial charge on any atom is 0.0154 e. The van der Waals surface area contributed by atoms with Crippen LogP contribution >= 0.6 is 0 Å². The topological polar surface area (TPSA) is 3.24 Å². The smallest absolute Gasteiger partial charge is 0.0154 e. The Balaban J connectivity index is 3.12. The summed E-state index contributed by atoms with van der Waals surface area (Å²) < 4.78 is 0.